The van der Waals surface area contributed by atoms with Crippen molar-refractivity contribution in [3.63, 3.8) is 0 Å². The number of aryl methyl sites for hydroxylation is 1. The fraction of sp³-hybridized carbons (Fsp3) is 0.625. The second-order valence-corrected chi connectivity index (χ2v) is 8.88. The number of carbonyl (C=O) groups is 1. The molecule has 24 heavy (non-hydrogen) atoms. The first-order chi connectivity index (χ1) is 11.2. The van der Waals surface area contributed by atoms with Gasteiger partial charge in [-0.1, -0.05) is 6.07 Å². The molecule has 0 aromatic carbocycles. The Kier molecular flexibility index (Phi) is 4.29. The van der Waals surface area contributed by atoms with Crippen LogP contribution >= 0.6 is 0 Å². The number of pyridine rings is 1. The van der Waals surface area contributed by atoms with Crippen LogP contribution in [0.3, 0.4) is 0 Å². The minimum absolute atomic E-state index is 0.0704. The van der Waals surface area contributed by atoms with Crippen molar-refractivity contribution >= 4 is 21.8 Å². The van der Waals surface area contributed by atoms with Crippen LogP contribution in [0.25, 0.3) is 0 Å². The van der Waals surface area contributed by atoms with Crippen LogP contribution < -0.4 is 4.90 Å². The molecule has 1 aromatic rings. The summed E-state index contributed by atoms with van der Waals surface area (Å²) in [6.45, 7) is 3.49. The van der Waals surface area contributed by atoms with Crippen LogP contribution in [0, 0.1) is 18.3 Å². The Labute approximate surface area is 142 Å². The quantitative estimate of drug-likeness (QED) is 0.870. The summed E-state index contributed by atoms with van der Waals surface area (Å²) in [5, 5.41) is 9.85. The molecule has 0 bridgehead atoms. The maximum Gasteiger partial charge on any atom is 0.311 e. The fourth-order valence-corrected chi connectivity index (χ4v) is 4.82. The molecule has 1 aromatic heterocycles. The van der Waals surface area contributed by atoms with E-state index in [4.69, 9.17) is 0 Å². The fourth-order valence-electron chi connectivity index (χ4n) is 3.90. The summed E-state index contributed by atoms with van der Waals surface area (Å²) in [4.78, 5) is 18.7. The Morgan fingerprint density at radius 1 is 1.38 bits per heavy atom. The van der Waals surface area contributed by atoms with Gasteiger partial charge in [0.15, 0.2) is 0 Å². The summed E-state index contributed by atoms with van der Waals surface area (Å²) < 4.78 is 25.2. The number of carboxylic acid groups (broad SMARTS) is 1. The molecule has 2 fully saturated rings. The van der Waals surface area contributed by atoms with E-state index in [9.17, 15) is 18.3 Å². The van der Waals surface area contributed by atoms with Gasteiger partial charge >= 0.3 is 5.97 Å². The van der Waals surface area contributed by atoms with Crippen molar-refractivity contribution in [1.82, 2.24) is 9.29 Å². The lowest BCUT2D eigenvalue weighted by Gasteiger charge is -2.30. The third-order valence-electron chi connectivity index (χ3n) is 5.25. The van der Waals surface area contributed by atoms with Crippen molar-refractivity contribution in [2.75, 3.05) is 37.3 Å². The second kappa shape index (κ2) is 6.00. The van der Waals surface area contributed by atoms with E-state index in [0.717, 1.165) is 24.3 Å². The lowest BCUT2D eigenvalue weighted by atomic mass is 9.75. The first-order valence-electron chi connectivity index (χ1n) is 8.09. The third kappa shape index (κ3) is 3.00. The van der Waals surface area contributed by atoms with E-state index in [1.807, 2.05) is 25.1 Å². The number of fused-ring (bicyclic) bond motifs is 1. The van der Waals surface area contributed by atoms with E-state index < -0.39 is 21.4 Å². The maximum absolute atomic E-state index is 12.0. The molecule has 0 unspecified atom stereocenters. The predicted molar refractivity (Wildman–Crippen MR) is 90.4 cm³/mol. The Morgan fingerprint density at radius 2 is 2.12 bits per heavy atom. The van der Waals surface area contributed by atoms with Crippen molar-refractivity contribution in [2.24, 2.45) is 11.3 Å². The van der Waals surface area contributed by atoms with Gasteiger partial charge in [0, 0.05) is 37.8 Å². The summed E-state index contributed by atoms with van der Waals surface area (Å²) in [5.41, 5.74) is -0.0906. The molecule has 2 aliphatic heterocycles. The highest BCUT2D eigenvalue weighted by Gasteiger charge is 2.55. The zero-order valence-corrected chi connectivity index (χ0v) is 14.8. The average Bonchev–Trinajstić information content (AvgIpc) is 2.77. The largest absolute Gasteiger partial charge is 0.481 e. The van der Waals surface area contributed by atoms with Crippen molar-refractivity contribution in [3.8, 4) is 0 Å². The maximum atomic E-state index is 12.0. The van der Waals surface area contributed by atoms with Crippen LogP contribution in [0.2, 0.25) is 0 Å². The molecule has 2 atom stereocenters. The van der Waals surface area contributed by atoms with Gasteiger partial charge in [0.05, 0.1) is 11.7 Å². The molecule has 8 heteroatoms. The second-order valence-electron chi connectivity index (χ2n) is 6.90. The summed E-state index contributed by atoms with van der Waals surface area (Å²) in [5.74, 6) is -0.304. The van der Waals surface area contributed by atoms with Gasteiger partial charge in [-0.05, 0) is 31.9 Å². The van der Waals surface area contributed by atoms with Crippen LogP contribution in [0.15, 0.2) is 18.2 Å². The highest BCUT2D eigenvalue weighted by molar-refractivity contribution is 7.88. The molecular weight excluding hydrogens is 330 g/mol. The number of aliphatic carboxylic acids is 1. The number of rotatable bonds is 3. The molecule has 7 nitrogen and oxygen atoms in total. The van der Waals surface area contributed by atoms with Crippen molar-refractivity contribution in [1.29, 1.82) is 0 Å². The minimum Gasteiger partial charge on any atom is -0.481 e. The highest BCUT2D eigenvalue weighted by Crippen LogP contribution is 2.44. The molecule has 132 valence electrons. The SMILES string of the molecule is Cc1cccc(N2CCC[C@]3(C(=O)O)CN(S(C)(=O)=O)C[C@@H]3C2)n1. The van der Waals surface area contributed by atoms with Crippen LogP contribution in [0.5, 0.6) is 0 Å². The Balaban J connectivity index is 1.92. The van der Waals surface area contributed by atoms with Gasteiger partial charge in [-0.2, -0.15) is 0 Å². The highest BCUT2D eigenvalue weighted by atomic mass is 32.2. The van der Waals surface area contributed by atoms with Crippen molar-refractivity contribution in [2.45, 2.75) is 19.8 Å². The van der Waals surface area contributed by atoms with E-state index in [2.05, 4.69) is 9.88 Å². The summed E-state index contributed by atoms with van der Waals surface area (Å²) in [6, 6.07) is 5.78. The zero-order valence-electron chi connectivity index (χ0n) is 14.0. The van der Waals surface area contributed by atoms with Gasteiger partial charge in [0.1, 0.15) is 5.82 Å². The van der Waals surface area contributed by atoms with Gasteiger partial charge < -0.3 is 10.0 Å². The van der Waals surface area contributed by atoms with Gasteiger partial charge in [-0.25, -0.2) is 17.7 Å². The minimum atomic E-state index is -3.40. The Bertz CT molecular complexity index is 751. The predicted octanol–water partition coefficient (Wildman–Crippen LogP) is 0.953. The molecule has 3 heterocycles. The molecule has 0 saturated carbocycles. The first-order valence-corrected chi connectivity index (χ1v) is 9.94. The van der Waals surface area contributed by atoms with E-state index in [-0.39, 0.29) is 19.0 Å². The van der Waals surface area contributed by atoms with Gasteiger partial charge in [-0.3, -0.25) is 4.79 Å². The molecular formula is C16H23N3O4S. The monoisotopic (exact) mass is 353 g/mol. The Morgan fingerprint density at radius 3 is 2.75 bits per heavy atom. The van der Waals surface area contributed by atoms with Crippen molar-refractivity contribution in [3.05, 3.63) is 23.9 Å². The standard InChI is InChI=1S/C16H23N3O4S/c1-12-5-3-6-14(17-12)18-8-4-7-16(15(20)21)11-19(24(2,22)23)10-13(16)9-18/h3,5-6,13H,4,7-11H2,1-2H3,(H,20,21)/t13-,16-/m0/s1. The molecule has 0 aliphatic carbocycles. The van der Waals surface area contributed by atoms with Gasteiger partial charge in [0.2, 0.25) is 10.0 Å². The number of sulfonamides is 1. The van der Waals surface area contributed by atoms with E-state index in [0.29, 0.717) is 19.4 Å². The van der Waals surface area contributed by atoms with Gasteiger partial charge in [-0.15, -0.1) is 0 Å². The number of nitrogens with zero attached hydrogens (tertiary/aromatic N) is 3. The summed E-state index contributed by atoms with van der Waals surface area (Å²) >= 11 is 0. The van der Waals surface area contributed by atoms with Crippen molar-refractivity contribution < 1.29 is 18.3 Å². The smallest absolute Gasteiger partial charge is 0.311 e. The van der Waals surface area contributed by atoms with Gasteiger partial charge in [0.25, 0.3) is 0 Å². The number of anilines is 1. The summed E-state index contributed by atoms with van der Waals surface area (Å²) in [6.07, 6.45) is 2.34. The number of aromatic nitrogens is 1. The molecule has 0 radical (unpaired) electrons. The topological polar surface area (TPSA) is 90.8 Å². The van der Waals surface area contributed by atoms with Crippen LogP contribution in [-0.4, -0.2) is 61.2 Å². The summed E-state index contributed by atoms with van der Waals surface area (Å²) in [7, 11) is -3.40. The third-order valence-corrected chi connectivity index (χ3v) is 6.46. The van der Waals surface area contributed by atoms with E-state index in [1.54, 1.807) is 0 Å². The average molecular weight is 353 g/mol. The van der Waals surface area contributed by atoms with E-state index >= 15 is 0 Å². The lowest BCUT2D eigenvalue weighted by Crippen LogP contribution is -2.41. The number of hydrogen-bond acceptors (Lipinski definition) is 5. The van der Waals surface area contributed by atoms with Crippen LogP contribution in [0.1, 0.15) is 18.5 Å². The zero-order chi connectivity index (χ0) is 17.5. The number of carboxylic acids is 1. The Hall–Kier alpha value is -1.67. The van der Waals surface area contributed by atoms with Crippen LogP contribution in [0.4, 0.5) is 5.82 Å². The molecule has 3 rings (SSSR count). The number of hydrogen-bond donors (Lipinski definition) is 1. The molecule has 0 spiro atoms. The molecule has 1 N–H and O–H groups in total. The lowest BCUT2D eigenvalue weighted by molar-refractivity contribution is -0.150. The molecule has 0 amide bonds. The molecule has 2 saturated heterocycles. The van der Waals surface area contributed by atoms with Crippen LogP contribution in [-0.2, 0) is 14.8 Å². The normalized spacial score (nSPS) is 28.4. The van der Waals surface area contributed by atoms with E-state index in [1.165, 1.54) is 4.31 Å². The molecule has 2 aliphatic rings. The first kappa shape index (κ1) is 17.2.